The molecule has 2 aliphatic heterocycles. The number of carboxylic acid groups (broad SMARTS) is 1. The molecule has 2 fully saturated rings. The Morgan fingerprint density at radius 2 is 2.00 bits per heavy atom. The average molecular weight is 339 g/mol. The van der Waals surface area contributed by atoms with Crippen LogP contribution in [0.5, 0.6) is 0 Å². The summed E-state index contributed by atoms with van der Waals surface area (Å²) in [6.45, 7) is 5.27. The first kappa shape index (κ1) is 16.4. The van der Waals surface area contributed by atoms with Crippen LogP contribution in [0.15, 0.2) is 18.2 Å². The molecule has 1 aromatic rings. The zero-order valence-electron chi connectivity index (χ0n) is 13.1. The highest BCUT2D eigenvalue weighted by molar-refractivity contribution is 6.30. The monoisotopic (exact) mass is 338 g/mol. The van der Waals surface area contributed by atoms with Gasteiger partial charge in [0.1, 0.15) is 0 Å². The molecule has 3 N–H and O–H groups in total. The summed E-state index contributed by atoms with van der Waals surface area (Å²) in [6.07, 6.45) is 0.173. The van der Waals surface area contributed by atoms with Crippen LogP contribution in [0.25, 0.3) is 0 Å². The molecule has 126 valence electrons. The van der Waals surface area contributed by atoms with E-state index in [1.165, 1.54) is 10.5 Å². The number of hydrogen-bond acceptors (Lipinski definition) is 4. The number of nitrogens with two attached hydrogens (primary N) is 1. The fourth-order valence-corrected chi connectivity index (χ4v) is 3.48. The van der Waals surface area contributed by atoms with E-state index >= 15 is 0 Å². The van der Waals surface area contributed by atoms with Gasteiger partial charge < -0.3 is 20.6 Å². The van der Waals surface area contributed by atoms with Gasteiger partial charge in [0.15, 0.2) is 0 Å². The summed E-state index contributed by atoms with van der Waals surface area (Å²) < 4.78 is 0. The van der Waals surface area contributed by atoms with Gasteiger partial charge in [-0.05, 0) is 24.1 Å². The van der Waals surface area contributed by atoms with Crippen LogP contribution in [0.1, 0.15) is 12.0 Å². The smallest absolute Gasteiger partial charge is 0.407 e. The molecule has 2 saturated heterocycles. The highest BCUT2D eigenvalue weighted by atomic mass is 35.5. The van der Waals surface area contributed by atoms with Gasteiger partial charge in [-0.1, -0.05) is 17.7 Å². The Hall–Kier alpha value is -1.50. The van der Waals surface area contributed by atoms with E-state index in [2.05, 4.69) is 15.9 Å². The molecular weight excluding hydrogens is 316 g/mol. The second kappa shape index (κ2) is 6.95. The maximum Gasteiger partial charge on any atom is 0.407 e. The van der Waals surface area contributed by atoms with Gasteiger partial charge in [0, 0.05) is 62.6 Å². The molecule has 3 rings (SSSR count). The Kier molecular flexibility index (Phi) is 4.94. The number of carbonyl (C=O) groups is 1. The fraction of sp³-hybridized carbons (Fsp3) is 0.562. The lowest BCUT2D eigenvalue weighted by Gasteiger charge is -2.34. The molecule has 23 heavy (non-hydrogen) atoms. The molecule has 6 nitrogen and oxygen atoms in total. The molecule has 0 spiro atoms. The fourth-order valence-electron chi connectivity index (χ4n) is 3.31. The molecule has 1 atom stereocenters. The van der Waals surface area contributed by atoms with Crippen molar-refractivity contribution in [2.75, 3.05) is 44.2 Å². The van der Waals surface area contributed by atoms with Crippen molar-refractivity contribution >= 4 is 23.4 Å². The van der Waals surface area contributed by atoms with Gasteiger partial charge in [-0.15, -0.1) is 0 Å². The SMILES string of the molecule is NC1CCN(c2cc(Cl)ccc2CN2CCN(C(=O)O)CC2)C1. The lowest BCUT2D eigenvalue weighted by molar-refractivity contribution is 0.103. The van der Waals surface area contributed by atoms with Crippen LogP contribution in [0, 0.1) is 0 Å². The standard InChI is InChI=1S/C16H23ClN4O2/c17-13-2-1-12(15(9-13)21-4-3-14(18)11-21)10-19-5-7-20(8-6-19)16(22)23/h1-2,9,14H,3-8,10-11,18H2,(H,22,23). The van der Waals surface area contributed by atoms with Crippen LogP contribution < -0.4 is 10.6 Å². The minimum atomic E-state index is -0.831. The van der Waals surface area contributed by atoms with Crippen LogP contribution in [-0.4, -0.2) is 66.3 Å². The van der Waals surface area contributed by atoms with Gasteiger partial charge in [-0.3, -0.25) is 4.90 Å². The van der Waals surface area contributed by atoms with Crippen molar-refractivity contribution in [3.63, 3.8) is 0 Å². The number of benzene rings is 1. The lowest BCUT2D eigenvalue weighted by Crippen LogP contribution is -2.47. The molecule has 1 aromatic carbocycles. The van der Waals surface area contributed by atoms with Crippen LogP contribution in [0.3, 0.4) is 0 Å². The number of rotatable bonds is 3. The van der Waals surface area contributed by atoms with E-state index in [4.69, 9.17) is 22.4 Å². The van der Waals surface area contributed by atoms with E-state index < -0.39 is 6.09 Å². The summed E-state index contributed by atoms with van der Waals surface area (Å²) in [5.74, 6) is 0. The van der Waals surface area contributed by atoms with E-state index in [1.54, 1.807) is 0 Å². The van der Waals surface area contributed by atoms with Crippen LogP contribution in [0.4, 0.5) is 10.5 Å². The molecule has 7 heteroatoms. The molecule has 0 radical (unpaired) electrons. The van der Waals surface area contributed by atoms with E-state index in [0.717, 1.165) is 49.9 Å². The third-order valence-corrected chi connectivity index (χ3v) is 4.88. The normalized spacial score (nSPS) is 22.6. The van der Waals surface area contributed by atoms with E-state index in [9.17, 15) is 4.79 Å². The minimum absolute atomic E-state index is 0.223. The van der Waals surface area contributed by atoms with Crippen molar-refractivity contribution in [3.8, 4) is 0 Å². The lowest BCUT2D eigenvalue weighted by atomic mass is 10.1. The van der Waals surface area contributed by atoms with Crippen molar-refractivity contribution in [2.45, 2.75) is 19.0 Å². The largest absolute Gasteiger partial charge is 0.465 e. The first-order chi connectivity index (χ1) is 11.0. The summed E-state index contributed by atoms with van der Waals surface area (Å²) in [5, 5.41) is 9.77. The molecule has 2 aliphatic rings. The first-order valence-electron chi connectivity index (χ1n) is 8.02. The van der Waals surface area contributed by atoms with Gasteiger partial charge in [0.25, 0.3) is 0 Å². The summed E-state index contributed by atoms with van der Waals surface area (Å²) in [6, 6.07) is 6.23. The molecule has 2 heterocycles. The van der Waals surface area contributed by atoms with Gasteiger partial charge in [-0.2, -0.15) is 0 Å². The third-order valence-electron chi connectivity index (χ3n) is 4.65. The Morgan fingerprint density at radius 3 is 2.61 bits per heavy atom. The number of anilines is 1. The minimum Gasteiger partial charge on any atom is -0.465 e. The van der Waals surface area contributed by atoms with Crippen LogP contribution in [-0.2, 0) is 6.54 Å². The molecule has 1 amide bonds. The Balaban J connectivity index is 1.69. The summed E-state index contributed by atoms with van der Waals surface area (Å²) in [7, 11) is 0. The van der Waals surface area contributed by atoms with E-state index in [0.29, 0.717) is 13.1 Å². The average Bonchev–Trinajstić information content (AvgIpc) is 2.96. The first-order valence-corrected chi connectivity index (χ1v) is 8.40. The quantitative estimate of drug-likeness (QED) is 0.877. The van der Waals surface area contributed by atoms with Gasteiger partial charge >= 0.3 is 6.09 Å². The van der Waals surface area contributed by atoms with E-state index in [1.807, 2.05) is 12.1 Å². The van der Waals surface area contributed by atoms with E-state index in [-0.39, 0.29) is 6.04 Å². The molecule has 0 aliphatic carbocycles. The Morgan fingerprint density at radius 1 is 1.26 bits per heavy atom. The Bertz CT molecular complexity index is 575. The molecule has 0 aromatic heterocycles. The Labute approximate surface area is 141 Å². The highest BCUT2D eigenvalue weighted by Gasteiger charge is 2.24. The van der Waals surface area contributed by atoms with Crippen LogP contribution >= 0.6 is 11.6 Å². The number of nitrogens with zero attached hydrogens (tertiary/aromatic N) is 3. The molecule has 1 unspecified atom stereocenters. The van der Waals surface area contributed by atoms with Crippen molar-refractivity contribution in [2.24, 2.45) is 5.73 Å². The molecule has 0 bridgehead atoms. The van der Waals surface area contributed by atoms with Crippen LogP contribution in [0.2, 0.25) is 5.02 Å². The second-order valence-electron chi connectivity index (χ2n) is 6.31. The zero-order valence-corrected chi connectivity index (χ0v) is 13.9. The number of hydrogen-bond donors (Lipinski definition) is 2. The maximum atomic E-state index is 11.0. The van der Waals surface area contributed by atoms with Crippen molar-refractivity contribution in [1.82, 2.24) is 9.80 Å². The number of piperazine rings is 1. The van der Waals surface area contributed by atoms with Gasteiger partial charge in [0.2, 0.25) is 0 Å². The number of amides is 1. The number of halogens is 1. The van der Waals surface area contributed by atoms with Gasteiger partial charge in [0.05, 0.1) is 0 Å². The van der Waals surface area contributed by atoms with Crippen molar-refractivity contribution in [1.29, 1.82) is 0 Å². The summed E-state index contributed by atoms with van der Waals surface area (Å²) in [4.78, 5) is 17.1. The molecule has 0 saturated carbocycles. The van der Waals surface area contributed by atoms with Crippen molar-refractivity contribution < 1.29 is 9.90 Å². The zero-order chi connectivity index (χ0) is 16.4. The molecular formula is C16H23ClN4O2. The predicted octanol–water partition coefficient (Wildman–Crippen LogP) is 1.67. The third kappa shape index (κ3) is 3.88. The highest BCUT2D eigenvalue weighted by Crippen LogP contribution is 2.29. The summed E-state index contributed by atoms with van der Waals surface area (Å²) >= 11 is 6.18. The predicted molar refractivity (Wildman–Crippen MR) is 91.1 cm³/mol. The topological polar surface area (TPSA) is 73.0 Å². The second-order valence-corrected chi connectivity index (χ2v) is 6.75. The maximum absolute atomic E-state index is 11.0. The summed E-state index contributed by atoms with van der Waals surface area (Å²) in [5.41, 5.74) is 8.42. The van der Waals surface area contributed by atoms with Gasteiger partial charge in [-0.25, -0.2) is 4.79 Å². The van der Waals surface area contributed by atoms with Crippen molar-refractivity contribution in [3.05, 3.63) is 28.8 Å².